The average Bonchev–Trinajstić information content (AvgIpc) is 3.37. The summed E-state index contributed by atoms with van der Waals surface area (Å²) in [5.41, 5.74) is 4.09. The Morgan fingerprint density at radius 2 is 1.85 bits per heavy atom. The van der Waals surface area contributed by atoms with E-state index in [0.717, 1.165) is 16.5 Å². The molecular formula is C26H24N6O2. The maximum atomic E-state index is 13.4. The van der Waals surface area contributed by atoms with Gasteiger partial charge in [-0.1, -0.05) is 18.2 Å². The van der Waals surface area contributed by atoms with Gasteiger partial charge in [0.15, 0.2) is 5.78 Å². The molecule has 0 bridgehead atoms. The van der Waals surface area contributed by atoms with Gasteiger partial charge < -0.3 is 14.5 Å². The number of nitrogens with zero attached hydrogens (tertiary/aromatic N) is 5. The largest absolute Gasteiger partial charge is 0.350 e. The molecule has 0 saturated heterocycles. The van der Waals surface area contributed by atoms with E-state index < -0.39 is 0 Å². The van der Waals surface area contributed by atoms with E-state index in [2.05, 4.69) is 20.3 Å². The van der Waals surface area contributed by atoms with Gasteiger partial charge in [-0.3, -0.25) is 14.6 Å². The van der Waals surface area contributed by atoms with Crippen LogP contribution in [0, 0.1) is 0 Å². The molecule has 0 aliphatic heterocycles. The number of anilines is 1. The number of ketones is 1. The van der Waals surface area contributed by atoms with Gasteiger partial charge in [0.2, 0.25) is 5.91 Å². The molecule has 8 nitrogen and oxygen atoms in total. The quantitative estimate of drug-likeness (QED) is 0.388. The third-order valence-electron chi connectivity index (χ3n) is 5.91. The zero-order chi connectivity index (χ0) is 23.8. The molecular weight excluding hydrogens is 428 g/mol. The highest BCUT2D eigenvalue weighted by Gasteiger charge is 2.20. The smallest absolute Gasteiger partial charge is 0.228 e. The summed E-state index contributed by atoms with van der Waals surface area (Å²) in [6.45, 7) is 4.06. The number of rotatable bonds is 6. The van der Waals surface area contributed by atoms with Gasteiger partial charge in [0.1, 0.15) is 12.0 Å². The summed E-state index contributed by atoms with van der Waals surface area (Å²) in [7, 11) is 1.96. The fourth-order valence-electron chi connectivity index (χ4n) is 4.30. The first-order valence-electron chi connectivity index (χ1n) is 11.1. The van der Waals surface area contributed by atoms with Gasteiger partial charge in [-0.25, -0.2) is 9.97 Å². The van der Waals surface area contributed by atoms with Crippen LogP contribution in [-0.2, 0) is 18.3 Å². The van der Waals surface area contributed by atoms with Crippen molar-refractivity contribution in [2.45, 2.75) is 26.3 Å². The zero-order valence-corrected chi connectivity index (χ0v) is 19.2. The Labute approximate surface area is 196 Å². The summed E-state index contributed by atoms with van der Waals surface area (Å²) in [6.07, 6.45) is 10.2. The van der Waals surface area contributed by atoms with E-state index in [1.807, 2.05) is 60.5 Å². The topological polar surface area (TPSA) is 94.7 Å². The Morgan fingerprint density at radius 3 is 2.68 bits per heavy atom. The van der Waals surface area contributed by atoms with Gasteiger partial charge in [-0.05, 0) is 31.5 Å². The van der Waals surface area contributed by atoms with E-state index >= 15 is 0 Å². The molecule has 4 aromatic heterocycles. The first-order chi connectivity index (χ1) is 16.4. The average molecular weight is 453 g/mol. The van der Waals surface area contributed by atoms with Crippen LogP contribution in [0.3, 0.4) is 0 Å². The first-order valence-corrected chi connectivity index (χ1v) is 11.1. The molecule has 0 aliphatic carbocycles. The van der Waals surface area contributed by atoms with Crippen LogP contribution in [0.1, 0.15) is 41.4 Å². The van der Waals surface area contributed by atoms with Gasteiger partial charge in [0.05, 0.1) is 23.9 Å². The molecule has 0 radical (unpaired) electrons. The van der Waals surface area contributed by atoms with E-state index in [1.54, 1.807) is 18.5 Å². The monoisotopic (exact) mass is 452 g/mol. The van der Waals surface area contributed by atoms with Crippen LogP contribution in [0.4, 0.5) is 5.69 Å². The van der Waals surface area contributed by atoms with Gasteiger partial charge in [-0.2, -0.15) is 0 Å². The second-order valence-corrected chi connectivity index (χ2v) is 8.60. The van der Waals surface area contributed by atoms with Crippen LogP contribution in [0.25, 0.3) is 21.9 Å². The number of aromatic nitrogens is 5. The van der Waals surface area contributed by atoms with Gasteiger partial charge in [-0.15, -0.1) is 0 Å². The summed E-state index contributed by atoms with van der Waals surface area (Å²) in [6, 6.07) is 9.76. The van der Waals surface area contributed by atoms with Crippen molar-refractivity contribution in [2.75, 3.05) is 5.32 Å². The number of hydrogen-bond donors (Lipinski definition) is 1. The number of aryl methyl sites for hydroxylation is 1. The Morgan fingerprint density at radius 1 is 1.03 bits per heavy atom. The third-order valence-corrected chi connectivity index (χ3v) is 5.91. The number of nitrogens with one attached hydrogen (secondary N) is 1. The van der Waals surface area contributed by atoms with E-state index in [1.165, 1.54) is 18.7 Å². The van der Waals surface area contributed by atoms with Gasteiger partial charge >= 0.3 is 0 Å². The number of pyridine rings is 1. The minimum absolute atomic E-state index is 0.136. The van der Waals surface area contributed by atoms with Gasteiger partial charge in [0, 0.05) is 59.7 Å². The Kier molecular flexibility index (Phi) is 5.41. The number of carbonyl (C=O) groups is 2. The molecule has 0 atom stereocenters. The van der Waals surface area contributed by atoms with Crippen LogP contribution >= 0.6 is 0 Å². The number of carbonyl (C=O) groups excluding carboxylic acids is 2. The molecule has 1 aromatic carbocycles. The number of hydrogen-bond acceptors (Lipinski definition) is 5. The van der Waals surface area contributed by atoms with E-state index in [-0.39, 0.29) is 24.2 Å². The molecule has 8 heteroatoms. The molecule has 5 rings (SSSR count). The van der Waals surface area contributed by atoms with Crippen molar-refractivity contribution >= 4 is 39.3 Å². The van der Waals surface area contributed by atoms with Crippen LogP contribution in [0.2, 0.25) is 0 Å². The second kappa shape index (κ2) is 8.55. The molecule has 4 heterocycles. The molecule has 1 amide bonds. The van der Waals surface area contributed by atoms with Crippen LogP contribution < -0.4 is 5.32 Å². The Hall–Kier alpha value is -4.33. The number of amides is 1. The maximum absolute atomic E-state index is 13.4. The highest BCUT2D eigenvalue weighted by molar-refractivity contribution is 6.16. The highest BCUT2D eigenvalue weighted by Crippen LogP contribution is 2.25. The molecule has 34 heavy (non-hydrogen) atoms. The lowest BCUT2D eigenvalue weighted by atomic mass is 10.1. The Bertz CT molecular complexity index is 1550. The van der Waals surface area contributed by atoms with Crippen molar-refractivity contribution in [3.05, 3.63) is 84.3 Å². The van der Waals surface area contributed by atoms with E-state index in [4.69, 9.17) is 0 Å². The summed E-state index contributed by atoms with van der Waals surface area (Å²) in [4.78, 5) is 38.8. The molecule has 0 unspecified atom stereocenters. The molecule has 170 valence electrons. The SMILES string of the molecule is CC(C)n1cc(C(=O)c2cncc(NC(=O)Cc3cn(C)c4ccccc34)c2)c2cncnc21. The predicted octanol–water partition coefficient (Wildman–Crippen LogP) is 4.31. The number of benzene rings is 1. The fourth-order valence-corrected chi connectivity index (χ4v) is 4.30. The molecule has 0 saturated carbocycles. The highest BCUT2D eigenvalue weighted by atomic mass is 16.1. The summed E-state index contributed by atoms with van der Waals surface area (Å²) in [5.74, 6) is -0.371. The van der Waals surface area contributed by atoms with E-state index in [0.29, 0.717) is 27.8 Å². The molecule has 0 fully saturated rings. The van der Waals surface area contributed by atoms with Crippen molar-refractivity contribution in [3.8, 4) is 0 Å². The van der Waals surface area contributed by atoms with Crippen molar-refractivity contribution in [1.82, 2.24) is 24.1 Å². The molecule has 5 aromatic rings. The lowest BCUT2D eigenvalue weighted by Crippen LogP contribution is -2.15. The molecule has 0 aliphatic rings. The van der Waals surface area contributed by atoms with Gasteiger partial charge in [0.25, 0.3) is 0 Å². The number of fused-ring (bicyclic) bond motifs is 2. The Balaban J connectivity index is 1.39. The van der Waals surface area contributed by atoms with Crippen molar-refractivity contribution in [1.29, 1.82) is 0 Å². The van der Waals surface area contributed by atoms with E-state index in [9.17, 15) is 9.59 Å². The minimum atomic E-state index is -0.197. The standard InChI is InChI=1S/C26H24N6O2/c1-16(2)32-14-22(21-12-28-15-29-26(21)32)25(34)17-8-19(11-27-10-17)30-24(33)9-18-13-31(3)23-7-5-4-6-20(18)23/h4-8,10-16H,9H2,1-3H3,(H,30,33). The van der Waals surface area contributed by atoms with Crippen molar-refractivity contribution in [2.24, 2.45) is 7.05 Å². The molecule has 1 N–H and O–H groups in total. The first kappa shape index (κ1) is 21.5. The predicted molar refractivity (Wildman–Crippen MR) is 131 cm³/mol. The van der Waals surface area contributed by atoms with Crippen LogP contribution in [0.5, 0.6) is 0 Å². The molecule has 0 spiro atoms. The van der Waals surface area contributed by atoms with Crippen LogP contribution in [0.15, 0.2) is 67.6 Å². The third kappa shape index (κ3) is 3.83. The zero-order valence-electron chi connectivity index (χ0n) is 19.2. The summed E-state index contributed by atoms with van der Waals surface area (Å²) in [5, 5.41) is 4.61. The normalized spacial score (nSPS) is 11.4. The van der Waals surface area contributed by atoms with Crippen molar-refractivity contribution in [3.63, 3.8) is 0 Å². The second-order valence-electron chi connectivity index (χ2n) is 8.60. The van der Waals surface area contributed by atoms with Crippen molar-refractivity contribution < 1.29 is 9.59 Å². The fraction of sp³-hybridized carbons (Fsp3) is 0.192. The summed E-state index contributed by atoms with van der Waals surface area (Å²) >= 11 is 0. The lowest BCUT2D eigenvalue weighted by Gasteiger charge is -2.07. The van der Waals surface area contributed by atoms with Crippen LogP contribution in [-0.4, -0.2) is 35.8 Å². The number of para-hydroxylation sites is 1. The summed E-state index contributed by atoms with van der Waals surface area (Å²) < 4.78 is 3.96. The minimum Gasteiger partial charge on any atom is -0.350 e. The lowest BCUT2D eigenvalue weighted by molar-refractivity contribution is -0.115. The maximum Gasteiger partial charge on any atom is 0.228 e.